The molecule has 0 unspecified atom stereocenters. The summed E-state index contributed by atoms with van der Waals surface area (Å²) in [5.74, 6) is 0.0533. The number of sulfonamides is 1. The first-order valence-electron chi connectivity index (χ1n) is 8.95. The summed E-state index contributed by atoms with van der Waals surface area (Å²) in [6.07, 6.45) is 7.65. The molecule has 24 heavy (non-hydrogen) atoms. The zero-order valence-electron chi connectivity index (χ0n) is 14.3. The molecule has 1 N–H and O–H groups in total. The van der Waals surface area contributed by atoms with Crippen LogP contribution in [0.3, 0.4) is 0 Å². The molecule has 0 saturated heterocycles. The van der Waals surface area contributed by atoms with Crippen LogP contribution in [0.15, 0.2) is 18.2 Å². The fraction of sp³-hybridized carbons (Fsp3) is 0.611. The number of hydrogen-bond acceptors (Lipinski definition) is 3. The number of nitrogens with one attached hydrogen (secondary N) is 1. The van der Waals surface area contributed by atoms with Gasteiger partial charge in [-0.15, -0.1) is 0 Å². The molecular weight excluding hydrogens is 324 g/mol. The van der Waals surface area contributed by atoms with Crippen LogP contribution < -0.4 is 9.62 Å². The Kier molecular flexibility index (Phi) is 5.13. The lowest BCUT2D eigenvalue weighted by molar-refractivity contribution is 0.0933. The topological polar surface area (TPSA) is 66.5 Å². The summed E-state index contributed by atoms with van der Waals surface area (Å²) in [7, 11) is -3.24. The monoisotopic (exact) mass is 350 g/mol. The molecule has 1 aliphatic heterocycles. The van der Waals surface area contributed by atoms with Gasteiger partial charge in [0.15, 0.2) is 0 Å². The van der Waals surface area contributed by atoms with Crippen molar-refractivity contribution < 1.29 is 13.2 Å². The highest BCUT2D eigenvalue weighted by Crippen LogP contribution is 2.31. The standard InChI is InChI=1S/C18H26N2O3S/c1-2-24(22,23)20-12-11-14-13-15(9-10-17(14)20)18(21)19-16-7-5-3-4-6-8-16/h9-10,13,16H,2-8,11-12H2,1H3,(H,19,21). The molecule has 0 spiro atoms. The largest absolute Gasteiger partial charge is 0.349 e. The maximum absolute atomic E-state index is 12.5. The molecule has 5 nitrogen and oxygen atoms in total. The van der Waals surface area contributed by atoms with Gasteiger partial charge in [-0.1, -0.05) is 25.7 Å². The van der Waals surface area contributed by atoms with Crippen molar-refractivity contribution >= 4 is 21.6 Å². The summed E-state index contributed by atoms with van der Waals surface area (Å²) in [6.45, 7) is 2.13. The zero-order chi connectivity index (χ0) is 17.2. The van der Waals surface area contributed by atoms with Gasteiger partial charge in [0.1, 0.15) is 0 Å². The van der Waals surface area contributed by atoms with Crippen LogP contribution in [0.25, 0.3) is 0 Å². The lowest BCUT2D eigenvalue weighted by atomic mass is 10.1. The van der Waals surface area contributed by atoms with Gasteiger partial charge in [0.25, 0.3) is 5.91 Å². The van der Waals surface area contributed by atoms with E-state index in [1.165, 1.54) is 30.0 Å². The summed E-state index contributed by atoms with van der Waals surface area (Å²) in [4.78, 5) is 12.5. The van der Waals surface area contributed by atoms with Crippen molar-refractivity contribution in [1.29, 1.82) is 0 Å². The van der Waals surface area contributed by atoms with E-state index < -0.39 is 10.0 Å². The molecule has 0 aromatic heterocycles. The van der Waals surface area contributed by atoms with Crippen LogP contribution in [0, 0.1) is 0 Å². The molecule has 1 saturated carbocycles. The minimum Gasteiger partial charge on any atom is -0.349 e. The third kappa shape index (κ3) is 3.58. The minimum absolute atomic E-state index is 0.0403. The molecule has 132 valence electrons. The van der Waals surface area contributed by atoms with E-state index in [9.17, 15) is 13.2 Å². The smallest absolute Gasteiger partial charge is 0.251 e. The highest BCUT2D eigenvalue weighted by Gasteiger charge is 2.28. The van der Waals surface area contributed by atoms with Crippen LogP contribution in [-0.2, 0) is 16.4 Å². The zero-order valence-corrected chi connectivity index (χ0v) is 15.1. The van der Waals surface area contributed by atoms with E-state index in [0.29, 0.717) is 18.5 Å². The van der Waals surface area contributed by atoms with Gasteiger partial charge in [0, 0.05) is 18.2 Å². The number of nitrogens with zero attached hydrogens (tertiary/aromatic N) is 1. The second-order valence-electron chi connectivity index (χ2n) is 6.73. The van der Waals surface area contributed by atoms with E-state index in [0.717, 1.165) is 24.1 Å². The fourth-order valence-corrected chi connectivity index (χ4v) is 4.81. The number of carbonyl (C=O) groups excluding carboxylic acids is 1. The number of hydrogen-bond donors (Lipinski definition) is 1. The molecule has 0 bridgehead atoms. The SMILES string of the molecule is CCS(=O)(=O)N1CCc2cc(C(=O)NC3CCCCCC3)ccc21. The number of benzene rings is 1. The Bertz CT molecular complexity index is 707. The molecule has 3 rings (SSSR count). The maximum Gasteiger partial charge on any atom is 0.251 e. The van der Waals surface area contributed by atoms with Gasteiger partial charge in [-0.05, 0) is 49.9 Å². The van der Waals surface area contributed by atoms with Crippen LogP contribution in [-0.4, -0.2) is 32.7 Å². The lowest BCUT2D eigenvalue weighted by Gasteiger charge is -2.19. The van der Waals surface area contributed by atoms with Gasteiger partial charge < -0.3 is 5.32 Å². The number of rotatable bonds is 4. The molecular formula is C18H26N2O3S. The maximum atomic E-state index is 12.5. The van der Waals surface area contributed by atoms with E-state index in [-0.39, 0.29) is 17.7 Å². The predicted molar refractivity (Wildman–Crippen MR) is 95.9 cm³/mol. The minimum atomic E-state index is -3.24. The van der Waals surface area contributed by atoms with Crippen LogP contribution in [0.4, 0.5) is 5.69 Å². The third-order valence-corrected chi connectivity index (χ3v) is 6.87. The highest BCUT2D eigenvalue weighted by atomic mass is 32.2. The molecule has 2 aliphatic rings. The quantitative estimate of drug-likeness (QED) is 0.849. The summed E-state index contributed by atoms with van der Waals surface area (Å²) >= 11 is 0. The number of fused-ring (bicyclic) bond motifs is 1. The Labute approximate surface area is 144 Å². The summed E-state index contributed by atoms with van der Waals surface area (Å²) in [5, 5.41) is 3.15. The average Bonchev–Trinajstić information content (AvgIpc) is 2.85. The van der Waals surface area contributed by atoms with Crippen molar-refractivity contribution in [3.05, 3.63) is 29.3 Å². The van der Waals surface area contributed by atoms with Gasteiger partial charge in [-0.25, -0.2) is 8.42 Å². The van der Waals surface area contributed by atoms with E-state index in [1.54, 1.807) is 19.1 Å². The number of amides is 1. The Hall–Kier alpha value is -1.56. The molecule has 1 aromatic carbocycles. The first kappa shape index (κ1) is 17.3. The Morgan fingerprint density at radius 2 is 1.92 bits per heavy atom. The molecule has 6 heteroatoms. The van der Waals surface area contributed by atoms with Gasteiger partial charge >= 0.3 is 0 Å². The molecule has 1 aliphatic carbocycles. The predicted octanol–water partition coefficient (Wildman–Crippen LogP) is 2.85. The summed E-state index contributed by atoms with van der Waals surface area (Å²) in [5.41, 5.74) is 2.30. The Morgan fingerprint density at radius 3 is 2.58 bits per heavy atom. The first-order valence-corrected chi connectivity index (χ1v) is 10.6. The second-order valence-corrected chi connectivity index (χ2v) is 8.91. The molecule has 1 aromatic rings. The first-order chi connectivity index (χ1) is 11.5. The molecule has 1 fully saturated rings. The van der Waals surface area contributed by atoms with Crippen LogP contribution >= 0.6 is 0 Å². The lowest BCUT2D eigenvalue weighted by Crippen LogP contribution is -2.34. The van der Waals surface area contributed by atoms with Gasteiger partial charge in [-0.2, -0.15) is 0 Å². The van der Waals surface area contributed by atoms with Gasteiger partial charge in [0.2, 0.25) is 10.0 Å². The van der Waals surface area contributed by atoms with Gasteiger partial charge in [0.05, 0.1) is 11.4 Å². The summed E-state index contributed by atoms with van der Waals surface area (Å²) in [6, 6.07) is 5.64. The van der Waals surface area contributed by atoms with Crippen LogP contribution in [0.2, 0.25) is 0 Å². The van der Waals surface area contributed by atoms with E-state index in [2.05, 4.69) is 5.32 Å². The second kappa shape index (κ2) is 7.13. The fourth-order valence-electron chi connectivity index (χ4n) is 3.65. The van der Waals surface area contributed by atoms with Crippen molar-refractivity contribution in [2.24, 2.45) is 0 Å². The van der Waals surface area contributed by atoms with Crippen molar-refractivity contribution in [3.63, 3.8) is 0 Å². The normalized spacial score (nSPS) is 19.0. The van der Waals surface area contributed by atoms with Crippen molar-refractivity contribution in [3.8, 4) is 0 Å². The molecule has 1 heterocycles. The van der Waals surface area contributed by atoms with Crippen LogP contribution in [0.1, 0.15) is 61.4 Å². The van der Waals surface area contributed by atoms with Gasteiger partial charge in [-0.3, -0.25) is 9.10 Å². The van der Waals surface area contributed by atoms with E-state index >= 15 is 0 Å². The molecule has 0 radical (unpaired) electrons. The third-order valence-electron chi connectivity index (χ3n) is 5.09. The van der Waals surface area contributed by atoms with Crippen molar-refractivity contribution in [1.82, 2.24) is 5.32 Å². The van der Waals surface area contributed by atoms with E-state index in [1.807, 2.05) is 6.07 Å². The Morgan fingerprint density at radius 1 is 1.21 bits per heavy atom. The van der Waals surface area contributed by atoms with E-state index in [4.69, 9.17) is 0 Å². The number of anilines is 1. The van der Waals surface area contributed by atoms with Crippen LogP contribution in [0.5, 0.6) is 0 Å². The molecule has 0 atom stereocenters. The number of carbonyl (C=O) groups is 1. The van der Waals surface area contributed by atoms with Crippen molar-refractivity contribution in [2.75, 3.05) is 16.6 Å². The Balaban J connectivity index is 1.73. The van der Waals surface area contributed by atoms with Crippen molar-refractivity contribution in [2.45, 2.75) is 57.9 Å². The highest BCUT2D eigenvalue weighted by molar-refractivity contribution is 7.92. The average molecular weight is 350 g/mol. The molecule has 1 amide bonds. The summed E-state index contributed by atoms with van der Waals surface area (Å²) < 4.78 is 25.7.